The van der Waals surface area contributed by atoms with Crippen molar-refractivity contribution in [1.29, 1.82) is 0 Å². The normalized spacial score (nSPS) is 17.3. The predicted molar refractivity (Wildman–Crippen MR) is 324 cm³/mol. The number of ether oxygens (including phenoxy) is 6. The van der Waals surface area contributed by atoms with Gasteiger partial charge in [0.2, 0.25) is 0 Å². The van der Waals surface area contributed by atoms with E-state index in [9.17, 15) is 0 Å². The van der Waals surface area contributed by atoms with Crippen molar-refractivity contribution in [2.75, 3.05) is 58.6 Å². The summed E-state index contributed by atoms with van der Waals surface area (Å²) in [6, 6.07) is 38.0. The lowest BCUT2D eigenvalue weighted by Gasteiger charge is -2.44. The van der Waals surface area contributed by atoms with Crippen molar-refractivity contribution in [2.24, 2.45) is 0 Å². The molecular formula is C68H87NO9Si. The van der Waals surface area contributed by atoms with E-state index in [4.69, 9.17) is 41.7 Å². The van der Waals surface area contributed by atoms with Gasteiger partial charge in [0.25, 0.3) is 0 Å². The number of rotatable bonds is 19. The van der Waals surface area contributed by atoms with E-state index in [1.807, 2.05) is 12.1 Å². The van der Waals surface area contributed by atoms with Gasteiger partial charge in [-0.1, -0.05) is 86.2 Å². The Morgan fingerprint density at radius 1 is 0.633 bits per heavy atom. The maximum absolute atomic E-state index is 7.87. The van der Waals surface area contributed by atoms with Gasteiger partial charge in [0.05, 0.1) is 56.4 Å². The molecule has 2 aliphatic heterocycles. The standard InChI is InChI=1S/C68H87NO9Si/c1-17-67(18-2)57-43-48(47-21-19-46(3)20-22-47)23-32-53(57)60-55-44-58(70-15)59(71-16)45-56(55)62-54(61(60)67)33-34-68(75-62,49-24-28-51(29-25-49)69-36-38-72-39-37-69)50-26-30-52(31-27-50)73-40-41-74-66(13,14)35-42-79(76-63(4,5)6,77-64(7,8)9)78-65(10,11)12/h19-34,43-45H,17-18,35-42H2,1-16H3. The van der Waals surface area contributed by atoms with Crippen molar-refractivity contribution in [3.05, 3.63) is 143 Å². The molecule has 0 saturated carbocycles. The summed E-state index contributed by atoms with van der Waals surface area (Å²) in [5.41, 5.74) is 9.81. The van der Waals surface area contributed by atoms with Crippen molar-refractivity contribution in [3.8, 4) is 45.3 Å². The second-order valence-electron chi connectivity index (χ2n) is 25.3. The van der Waals surface area contributed by atoms with Crippen LogP contribution in [0.3, 0.4) is 0 Å². The third-order valence-corrected chi connectivity index (χ3v) is 19.3. The zero-order valence-electron chi connectivity index (χ0n) is 50.2. The van der Waals surface area contributed by atoms with Crippen LogP contribution in [0, 0.1) is 6.92 Å². The van der Waals surface area contributed by atoms with E-state index in [1.54, 1.807) is 14.2 Å². The largest absolute Gasteiger partial charge is 0.502 e. The highest BCUT2D eigenvalue weighted by molar-refractivity contribution is 6.61. The van der Waals surface area contributed by atoms with Crippen molar-refractivity contribution >= 4 is 31.3 Å². The number of nitrogens with zero attached hydrogens (tertiary/aromatic N) is 1. The van der Waals surface area contributed by atoms with Crippen molar-refractivity contribution in [1.82, 2.24) is 0 Å². The molecule has 1 saturated heterocycles. The average molecular weight is 1090 g/mol. The Morgan fingerprint density at radius 3 is 1.75 bits per heavy atom. The molecule has 1 fully saturated rings. The van der Waals surface area contributed by atoms with Gasteiger partial charge in [0, 0.05) is 52.3 Å². The molecule has 0 N–H and O–H groups in total. The van der Waals surface area contributed by atoms with Crippen LogP contribution in [-0.2, 0) is 33.8 Å². The van der Waals surface area contributed by atoms with Crippen LogP contribution in [0.1, 0.15) is 143 Å². The minimum Gasteiger partial charge on any atom is -0.493 e. The van der Waals surface area contributed by atoms with E-state index in [1.165, 1.54) is 38.9 Å². The first kappa shape index (κ1) is 58.0. The van der Waals surface area contributed by atoms with Gasteiger partial charge in [-0.15, -0.1) is 0 Å². The summed E-state index contributed by atoms with van der Waals surface area (Å²) in [5.74, 6) is 2.87. The molecule has 6 aromatic carbocycles. The fraction of sp³-hybridized carbons (Fsp3) is 0.471. The minimum atomic E-state index is -3.20. The lowest BCUT2D eigenvalue weighted by molar-refractivity contribution is -0.0823. The highest BCUT2D eigenvalue weighted by Crippen LogP contribution is 2.62. The zero-order chi connectivity index (χ0) is 56.8. The quantitative estimate of drug-likeness (QED) is 0.0577. The van der Waals surface area contributed by atoms with E-state index < -0.39 is 36.8 Å². The summed E-state index contributed by atoms with van der Waals surface area (Å²) in [6.07, 6.45) is 7.11. The molecule has 0 bridgehead atoms. The van der Waals surface area contributed by atoms with Crippen LogP contribution in [0.2, 0.25) is 6.04 Å². The summed E-state index contributed by atoms with van der Waals surface area (Å²) < 4.78 is 59.1. The first-order chi connectivity index (χ1) is 37.3. The monoisotopic (exact) mass is 1090 g/mol. The third kappa shape index (κ3) is 12.2. The summed E-state index contributed by atoms with van der Waals surface area (Å²) in [4.78, 5) is 2.39. The highest BCUT2D eigenvalue weighted by atomic mass is 28.4. The van der Waals surface area contributed by atoms with Gasteiger partial charge in [-0.3, -0.25) is 0 Å². The van der Waals surface area contributed by atoms with E-state index in [2.05, 4.69) is 205 Å². The minimum absolute atomic E-state index is 0.295. The van der Waals surface area contributed by atoms with Gasteiger partial charge in [0.15, 0.2) is 17.1 Å². The molecule has 0 amide bonds. The number of hydrogen-bond donors (Lipinski definition) is 0. The number of fused-ring (bicyclic) bond motifs is 8. The number of anilines is 1. The van der Waals surface area contributed by atoms with Crippen LogP contribution in [0.5, 0.6) is 23.0 Å². The van der Waals surface area contributed by atoms with Gasteiger partial charge in [-0.2, -0.15) is 0 Å². The van der Waals surface area contributed by atoms with Crippen LogP contribution in [0.15, 0.2) is 109 Å². The first-order valence-electron chi connectivity index (χ1n) is 28.6. The van der Waals surface area contributed by atoms with Gasteiger partial charge in [-0.25, -0.2) is 0 Å². The van der Waals surface area contributed by atoms with Gasteiger partial charge in [0.1, 0.15) is 18.1 Å². The van der Waals surface area contributed by atoms with E-state index in [0.717, 1.165) is 70.6 Å². The number of benzene rings is 6. The van der Waals surface area contributed by atoms with E-state index >= 15 is 0 Å². The van der Waals surface area contributed by atoms with Crippen LogP contribution < -0.4 is 23.8 Å². The molecule has 11 heteroatoms. The molecule has 1 unspecified atom stereocenters. The molecule has 1 atom stereocenters. The summed E-state index contributed by atoms with van der Waals surface area (Å²) in [7, 11) is 0.209. The first-order valence-corrected chi connectivity index (χ1v) is 30.6. The number of methoxy groups -OCH3 is 2. The van der Waals surface area contributed by atoms with Crippen LogP contribution in [0.25, 0.3) is 39.1 Å². The van der Waals surface area contributed by atoms with Crippen molar-refractivity contribution in [3.63, 3.8) is 0 Å². The fourth-order valence-corrected chi connectivity index (χ4v) is 16.2. The molecule has 9 rings (SSSR count). The Balaban J connectivity index is 1.06. The maximum Gasteiger partial charge on any atom is 0.502 e. The smallest absolute Gasteiger partial charge is 0.493 e. The van der Waals surface area contributed by atoms with Crippen LogP contribution in [-0.4, -0.2) is 84.9 Å². The van der Waals surface area contributed by atoms with Crippen molar-refractivity contribution in [2.45, 2.75) is 156 Å². The van der Waals surface area contributed by atoms with Gasteiger partial charge < -0.3 is 46.6 Å². The molecule has 6 aromatic rings. The fourth-order valence-electron chi connectivity index (χ4n) is 12.1. The van der Waals surface area contributed by atoms with E-state index in [-0.39, 0.29) is 5.41 Å². The molecular weight excluding hydrogens is 1000 g/mol. The van der Waals surface area contributed by atoms with Crippen LogP contribution >= 0.6 is 0 Å². The second kappa shape index (κ2) is 22.4. The number of morpholine rings is 1. The molecule has 10 nitrogen and oxygen atoms in total. The lowest BCUT2D eigenvalue weighted by Crippen LogP contribution is -2.57. The number of hydrogen-bond acceptors (Lipinski definition) is 10. The molecule has 422 valence electrons. The Hall–Kier alpha value is -5.66. The van der Waals surface area contributed by atoms with Gasteiger partial charge >= 0.3 is 8.80 Å². The lowest BCUT2D eigenvalue weighted by atomic mass is 9.70. The Kier molecular flexibility index (Phi) is 16.4. The molecule has 79 heavy (non-hydrogen) atoms. The van der Waals surface area contributed by atoms with Crippen molar-refractivity contribution < 1.29 is 41.7 Å². The topological polar surface area (TPSA) is 86.3 Å². The average Bonchev–Trinajstić information content (AvgIpc) is 3.26. The SMILES string of the molecule is CCC1(CC)c2cc(-c3ccc(C)cc3)ccc2-c2c1c1c(c3cc(OC)c(OC)cc23)OC(c2ccc(OCCOC(C)(C)CC[Si](OC(C)(C)C)(OC(C)(C)C)OC(C)(C)C)cc2)(c2ccc(N3CCOCC3)cc2)C=C1. The molecule has 0 aromatic heterocycles. The summed E-state index contributed by atoms with van der Waals surface area (Å²) in [6.45, 7) is 33.5. The predicted octanol–water partition coefficient (Wildman–Crippen LogP) is 16.1. The molecule has 3 aliphatic rings. The molecule has 1 aliphatic carbocycles. The zero-order valence-corrected chi connectivity index (χ0v) is 51.2. The Morgan fingerprint density at radius 2 is 1.19 bits per heavy atom. The maximum atomic E-state index is 7.87. The number of aryl methyl sites for hydroxylation is 1. The third-order valence-electron chi connectivity index (χ3n) is 15.6. The highest BCUT2D eigenvalue weighted by Gasteiger charge is 2.51. The Labute approximate surface area is 473 Å². The van der Waals surface area contributed by atoms with Gasteiger partial charge in [-0.05, 0) is 190 Å². The summed E-state index contributed by atoms with van der Waals surface area (Å²) >= 11 is 0. The molecule has 0 radical (unpaired) electrons. The second-order valence-corrected chi connectivity index (χ2v) is 27.8. The Bertz CT molecular complexity index is 3090. The molecule has 0 spiro atoms. The van der Waals surface area contributed by atoms with E-state index in [0.29, 0.717) is 50.4 Å². The molecule has 2 heterocycles. The van der Waals surface area contributed by atoms with Crippen LogP contribution in [0.4, 0.5) is 5.69 Å². The summed E-state index contributed by atoms with van der Waals surface area (Å²) in [5, 5.41) is 2.03.